The summed E-state index contributed by atoms with van der Waals surface area (Å²) in [6.07, 6.45) is 2.80. The quantitative estimate of drug-likeness (QED) is 0.590. The summed E-state index contributed by atoms with van der Waals surface area (Å²) >= 11 is 0. The van der Waals surface area contributed by atoms with E-state index in [2.05, 4.69) is 38.3 Å². The minimum absolute atomic E-state index is 0.0322. The molecule has 4 N–H and O–H groups in total. The fourth-order valence-electron chi connectivity index (χ4n) is 4.00. The second-order valence-corrected chi connectivity index (χ2v) is 7.44. The van der Waals surface area contributed by atoms with Crippen molar-refractivity contribution in [2.75, 3.05) is 39.9 Å². The van der Waals surface area contributed by atoms with Crippen molar-refractivity contribution >= 4 is 0 Å². The number of ether oxygens (including phenoxy) is 1. The predicted molar refractivity (Wildman–Crippen MR) is 97.6 cm³/mol. The maximum atomic E-state index is 13.1. The van der Waals surface area contributed by atoms with Crippen LogP contribution in [-0.4, -0.2) is 68.4 Å². The van der Waals surface area contributed by atoms with Gasteiger partial charge in [0.05, 0.1) is 19.0 Å². The zero-order chi connectivity index (χ0) is 17.9. The van der Waals surface area contributed by atoms with E-state index in [1.165, 1.54) is 12.1 Å². The fraction of sp³-hybridized carbons (Fsp3) is 0.667. The molecule has 0 amide bonds. The Morgan fingerprint density at radius 1 is 1.27 bits per heavy atom. The number of fused-ring (bicyclic) bond motifs is 1. The third-order valence-electron chi connectivity index (χ3n) is 5.59. The topological polar surface area (TPSA) is 63.8 Å². The van der Waals surface area contributed by atoms with Gasteiger partial charge in [-0.1, -0.05) is 0 Å². The van der Waals surface area contributed by atoms with Crippen molar-refractivity contribution in [3.05, 3.63) is 30.1 Å². The van der Waals surface area contributed by atoms with Gasteiger partial charge in [-0.05, 0) is 50.2 Å². The molecule has 3 heterocycles. The molecule has 3 fully saturated rings. The first kappa shape index (κ1) is 18.1. The van der Waals surface area contributed by atoms with Crippen LogP contribution in [0.2, 0.25) is 0 Å². The molecule has 8 heteroatoms. The number of likely N-dealkylation sites (tertiary alicyclic amines) is 1. The highest BCUT2D eigenvalue weighted by Gasteiger charge is 2.34. The van der Waals surface area contributed by atoms with Crippen LogP contribution in [-0.2, 0) is 0 Å². The summed E-state index contributed by atoms with van der Waals surface area (Å²) in [5.74, 6) is 1.05. The molecule has 0 saturated carbocycles. The van der Waals surface area contributed by atoms with Crippen molar-refractivity contribution in [1.82, 2.24) is 31.3 Å². The molecular weight excluding hydrogens is 335 g/mol. The second kappa shape index (κ2) is 8.16. The van der Waals surface area contributed by atoms with Gasteiger partial charge in [0.25, 0.3) is 0 Å². The Morgan fingerprint density at radius 2 is 2.12 bits per heavy atom. The van der Waals surface area contributed by atoms with Crippen molar-refractivity contribution < 1.29 is 9.13 Å². The molecule has 144 valence electrons. The van der Waals surface area contributed by atoms with Crippen molar-refractivity contribution in [2.24, 2.45) is 5.92 Å². The number of hydrazine groups is 1. The summed E-state index contributed by atoms with van der Waals surface area (Å²) in [5.41, 5.74) is 3.41. The van der Waals surface area contributed by atoms with Crippen LogP contribution < -0.4 is 26.1 Å². The molecule has 0 aromatic heterocycles. The Labute approximate surface area is 154 Å². The van der Waals surface area contributed by atoms with Crippen molar-refractivity contribution in [1.29, 1.82) is 0 Å². The Kier molecular flexibility index (Phi) is 5.68. The Bertz CT molecular complexity index is 588. The number of hydrogen-bond donors (Lipinski definition) is 4. The average molecular weight is 364 g/mol. The molecule has 3 aliphatic rings. The van der Waals surface area contributed by atoms with Gasteiger partial charge < -0.3 is 10.1 Å². The Morgan fingerprint density at radius 3 is 2.96 bits per heavy atom. The van der Waals surface area contributed by atoms with E-state index in [9.17, 15) is 4.39 Å². The van der Waals surface area contributed by atoms with Gasteiger partial charge in [-0.3, -0.25) is 15.5 Å². The van der Waals surface area contributed by atoms with E-state index in [-0.39, 0.29) is 12.0 Å². The monoisotopic (exact) mass is 364 g/mol. The van der Waals surface area contributed by atoms with Crippen LogP contribution in [0, 0.1) is 11.7 Å². The molecule has 0 bridgehead atoms. The molecule has 0 radical (unpaired) electrons. The summed E-state index contributed by atoms with van der Waals surface area (Å²) in [6, 6.07) is 6.29. The van der Waals surface area contributed by atoms with Crippen LogP contribution in [0.5, 0.6) is 5.75 Å². The molecule has 3 aliphatic heterocycles. The smallest absolute Gasteiger partial charge is 0.152 e. The maximum Gasteiger partial charge on any atom is 0.152 e. The van der Waals surface area contributed by atoms with Crippen LogP contribution >= 0.6 is 0 Å². The van der Waals surface area contributed by atoms with Crippen LogP contribution in [0.25, 0.3) is 0 Å². The molecule has 3 saturated heterocycles. The summed E-state index contributed by atoms with van der Waals surface area (Å²) in [6.45, 7) is 4.70. The largest absolute Gasteiger partial charge is 0.475 e. The van der Waals surface area contributed by atoms with E-state index in [1.54, 1.807) is 12.1 Å². The lowest BCUT2D eigenvalue weighted by Gasteiger charge is -2.40. The second-order valence-electron chi connectivity index (χ2n) is 7.44. The van der Waals surface area contributed by atoms with E-state index >= 15 is 0 Å². The van der Waals surface area contributed by atoms with Gasteiger partial charge in [-0.2, -0.15) is 0 Å². The van der Waals surface area contributed by atoms with Gasteiger partial charge in [0.1, 0.15) is 11.6 Å². The number of piperazine rings is 1. The van der Waals surface area contributed by atoms with Crippen LogP contribution in [0.3, 0.4) is 0 Å². The Hall–Kier alpha value is -1.29. The van der Waals surface area contributed by atoms with E-state index in [1.807, 2.05) is 0 Å². The zero-order valence-corrected chi connectivity index (χ0v) is 15.2. The van der Waals surface area contributed by atoms with Gasteiger partial charge in [0.2, 0.25) is 0 Å². The van der Waals surface area contributed by atoms with Crippen molar-refractivity contribution in [2.45, 2.75) is 31.4 Å². The highest BCUT2D eigenvalue weighted by Crippen LogP contribution is 2.25. The molecule has 1 aromatic carbocycles. The van der Waals surface area contributed by atoms with E-state index in [4.69, 9.17) is 4.74 Å². The number of piperidine rings is 1. The van der Waals surface area contributed by atoms with Crippen LogP contribution in [0.15, 0.2) is 24.3 Å². The third-order valence-corrected chi connectivity index (χ3v) is 5.59. The molecule has 0 aliphatic carbocycles. The number of nitrogens with one attached hydrogen (secondary N) is 4. The molecule has 4 unspecified atom stereocenters. The fourth-order valence-corrected chi connectivity index (χ4v) is 4.00. The summed E-state index contributed by atoms with van der Waals surface area (Å²) in [5, 5.41) is 12.9. The predicted octanol–water partition coefficient (Wildman–Crippen LogP) is 0.0847. The number of halogens is 1. The standard InChI is InChI=1S/C18H29FN6O/c1-24-7-6-13(8-18(24)26-15-4-2-14(19)3-5-15)9-21-16-10-20-11-17-22-12-23-25(16)17/h2-5,13,16-18,20-23H,6-12H2,1H3. The minimum atomic E-state index is -0.235. The molecule has 1 aromatic rings. The van der Waals surface area contributed by atoms with Gasteiger partial charge in [-0.15, -0.1) is 0 Å². The van der Waals surface area contributed by atoms with Crippen LogP contribution in [0.4, 0.5) is 4.39 Å². The molecule has 7 nitrogen and oxygen atoms in total. The van der Waals surface area contributed by atoms with E-state index < -0.39 is 0 Å². The molecule has 26 heavy (non-hydrogen) atoms. The first-order valence-corrected chi connectivity index (χ1v) is 9.51. The number of benzene rings is 1. The van der Waals surface area contributed by atoms with Crippen molar-refractivity contribution in [3.63, 3.8) is 0 Å². The lowest BCUT2D eigenvalue weighted by atomic mass is 9.95. The number of hydrogen-bond acceptors (Lipinski definition) is 7. The van der Waals surface area contributed by atoms with Gasteiger partial charge in [0.15, 0.2) is 6.23 Å². The molecule has 4 atom stereocenters. The van der Waals surface area contributed by atoms with E-state index in [0.717, 1.165) is 51.4 Å². The molecule has 4 rings (SSSR count). The Balaban J connectivity index is 1.29. The van der Waals surface area contributed by atoms with Gasteiger partial charge in [-0.25, -0.2) is 14.8 Å². The van der Waals surface area contributed by atoms with Gasteiger partial charge in [0, 0.05) is 26.1 Å². The first-order chi connectivity index (χ1) is 12.7. The summed E-state index contributed by atoms with van der Waals surface area (Å²) < 4.78 is 19.2. The molecule has 0 spiro atoms. The third kappa shape index (κ3) is 4.16. The maximum absolute atomic E-state index is 13.1. The number of nitrogens with zero attached hydrogens (tertiary/aromatic N) is 2. The summed E-state index contributed by atoms with van der Waals surface area (Å²) in [4.78, 5) is 2.24. The lowest BCUT2D eigenvalue weighted by Crippen LogP contribution is -2.65. The van der Waals surface area contributed by atoms with E-state index in [0.29, 0.717) is 18.2 Å². The molecular formula is C18H29FN6O. The minimum Gasteiger partial charge on any atom is -0.475 e. The summed E-state index contributed by atoms with van der Waals surface area (Å²) in [7, 11) is 2.09. The highest BCUT2D eigenvalue weighted by molar-refractivity contribution is 5.22. The van der Waals surface area contributed by atoms with Crippen molar-refractivity contribution in [3.8, 4) is 5.75 Å². The SMILES string of the molecule is CN1CCC(CNC2CNCC3NCNN32)CC1Oc1ccc(F)cc1. The average Bonchev–Trinajstić information content (AvgIpc) is 3.13. The highest BCUT2D eigenvalue weighted by atomic mass is 19.1. The zero-order valence-electron chi connectivity index (χ0n) is 15.2. The first-order valence-electron chi connectivity index (χ1n) is 9.51. The van der Waals surface area contributed by atoms with Crippen LogP contribution in [0.1, 0.15) is 12.8 Å². The number of rotatable bonds is 5. The normalized spacial score (nSPS) is 33.2. The van der Waals surface area contributed by atoms with Gasteiger partial charge >= 0.3 is 0 Å². The lowest BCUT2D eigenvalue weighted by molar-refractivity contribution is -0.0106.